The van der Waals surface area contributed by atoms with Crippen molar-refractivity contribution in [3.05, 3.63) is 0 Å². The molecule has 1 saturated carbocycles. The topological polar surface area (TPSA) is 38.3 Å². The molecule has 0 bridgehead atoms. The molecule has 0 aromatic heterocycles. The molecule has 3 heteroatoms. The smallest absolute Gasteiger partial charge is 0.407 e. The van der Waals surface area contributed by atoms with Crippen molar-refractivity contribution >= 4 is 6.09 Å². The van der Waals surface area contributed by atoms with E-state index in [9.17, 15) is 4.79 Å². The van der Waals surface area contributed by atoms with E-state index in [1.165, 1.54) is 32.1 Å². The third kappa shape index (κ3) is 5.99. The highest BCUT2D eigenvalue weighted by atomic mass is 16.5. The first-order chi connectivity index (χ1) is 7.83. The largest absolute Gasteiger partial charge is 0.450 e. The van der Waals surface area contributed by atoms with Crippen LogP contribution in [0.15, 0.2) is 0 Å². The number of amides is 1. The second-order valence-corrected chi connectivity index (χ2v) is 4.71. The minimum absolute atomic E-state index is 0.250. The van der Waals surface area contributed by atoms with Crippen molar-refractivity contribution < 1.29 is 9.53 Å². The number of carbonyl (C=O) groups excluding carboxylic acids is 1. The molecule has 1 aliphatic rings. The van der Waals surface area contributed by atoms with Gasteiger partial charge in [0.1, 0.15) is 0 Å². The van der Waals surface area contributed by atoms with E-state index >= 15 is 0 Å². The lowest BCUT2D eigenvalue weighted by Crippen LogP contribution is -2.25. The van der Waals surface area contributed by atoms with Gasteiger partial charge in [-0.2, -0.15) is 0 Å². The van der Waals surface area contributed by atoms with Crippen LogP contribution in [0.1, 0.15) is 58.3 Å². The van der Waals surface area contributed by atoms with Crippen LogP contribution in [-0.2, 0) is 4.74 Å². The number of ether oxygens (including phenoxy) is 1. The zero-order valence-corrected chi connectivity index (χ0v) is 10.5. The molecule has 0 unspecified atom stereocenters. The fourth-order valence-electron chi connectivity index (χ4n) is 2.25. The van der Waals surface area contributed by atoms with E-state index < -0.39 is 0 Å². The molecule has 0 aromatic carbocycles. The first-order valence-corrected chi connectivity index (χ1v) is 6.73. The maximum absolute atomic E-state index is 11.2. The summed E-state index contributed by atoms with van der Waals surface area (Å²) in [6, 6.07) is 0. The second-order valence-electron chi connectivity index (χ2n) is 4.71. The Morgan fingerprint density at radius 1 is 1.31 bits per heavy atom. The molecule has 0 aliphatic heterocycles. The Morgan fingerprint density at radius 2 is 2.06 bits per heavy atom. The number of alkyl carbamates (subject to hydrolysis) is 1. The van der Waals surface area contributed by atoms with Crippen molar-refractivity contribution in [1.29, 1.82) is 0 Å². The Hall–Kier alpha value is -0.730. The van der Waals surface area contributed by atoms with E-state index in [2.05, 4.69) is 12.2 Å². The molecule has 0 saturated heterocycles. The molecule has 0 atom stereocenters. The van der Waals surface area contributed by atoms with E-state index in [0.29, 0.717) is 6.61 Å². The number of hydrogen-bond donors (Lipinski definition) is 1. The Balaban J connectivity index is 1.87. The maximum atomic E-state index is 11.2. The van der Waals surface area contributed by atoms with Gasteiger partial charge in [-0.25, -0.2) is 4.79 Å². The number of rotatable bonds is 7. The van der Waals surface area contributed by atoms with Crippen molar-refractivity contribution in [3.63, 3.8) is 0 Å². The van der Waals surface area contributed by atoms with Crippen LogP contribution in [0.3, 0.4) is 0 Å². The number of carbonyl (C=O) groups is 1. The minimum Gasteiger partial charge on any atom is -0.450 e. The third-order valence-electron chi connectivity index (χ3n) is 3.26. The van der Waals surface area contributed by atoms with Crippen LogP contribution < -0.4 is 5.32 Å². The van der Waals surface area contributed by atoms with Gasteiger partial charge in [0, 0.05) is 6.54 Å². The summed E-state index contributed by atoms with van der Waals surface area (Å²) < 4.78 is 5.10. The second kappa shape index (κ2) is 8.43. The Kier molecular flexibility index (Phi) is 7.02. The summed E-state index contributed by atoms with van der Waals surface area (Å²) in [5.74, 6) is 0.895. The minimum atomic E-state index is -0.250. The maximum Gasteiger partial charge on any atom is 0.407 e. The van der Waals surface area contributed by atoms with Gasteiger partial charge in [-0.15, -0.1) is 0 Å². The molecule has 1 aliphatic carbocycles. The van der Waals surface area contributed by atoms with Gasteiger partial charge in [-0.1, -0.05) is 39.0 Å². The molecule has 94 valence electrons. The molecular formula is C13H25NO2. The van der Waals surface area contributed by atoms with E-state index in [1.807, 2.05) is 0 Å². The van der Waals surface area contributed by atoms with Crippen LogP contribution in [0.5, 0.6) is 0 Å². The molecule has 0 spiro atoms. The number of nitrogens with one attached hydrogen (secondary N) is 1. The van der Waals surface area contributed by atoms with Crippen LogP contribution in [-0.4, -0.2) is 19.2 Å². The van der Waals surface area contributed by atoms with Crippen molar-refractivity contribution in [2.45, 2.75) is 58.3 Å². The fraction of sp³-hybridized carbons (Fsp3) is 0.923. The van der Waals surface area contributed by atoms with Crippen molar-refractivity contribution in [2.75, 3.05) is 13.2 Å². The normalized spacial score (nSPS) is 16.3. The summed E-state index contributed by atoms with van der Waals surface area (Å²) in [5, 5.41) is 2.75. The molecule has 3 nitrogen and oxygen atoms in total. The summed E-state index contributed by atoms with van der Waals surface area (Å²) in [4.78, 5) is 11.2. The van der Waals surface area contributed by atoms with Crippen molar-refractivity contribution in [3.8, 4) is 0 Å². The molecular weight excluding hydrogens is 202 g/mol. The average molecular weight is 227 g/mol. The predicted molar refractivity (Wildman–Crippen MR) is 65.5 cm³/mol. The van der Waals surface area contributed by atoms with Gasteiger partial charge in [0.2, 0.25) is 0 Å². The molecule has 1 fully saturated rings. The zero-order valence-electron chi connectivity index (χ0n) is 10.5. The average Bonchev–Trinajstić information content (AvgIpc) is 2.78. The summed E-state index contributed by atoms with van der Waals surface area (Å²) in [7, 11) is 0. The monoisotopic (exact) mass is 227 g/mol. The number of hydrogen-bond acceptors (Lipinski definition) is 2. The van der Waals surface area contributed by atoms with Crippen molar-refractivity contribution in [2.24, 2.45) is 5.92 Å². The van der Waals surface area contributed by atoms with E-state index in [0.717, 1.165) is 31.7 Å². The third-order valence-corrected chi connectivity index (χ3v) is 3.26. The molecule has 1 N–H and O–H groups in total. The number of unbranched alkanes of at least 4 members (excludes halogenated alkanes) is 1. The Labute approximate surface area is 98.9 Å². The molecule has 16 heavy (non-hydrogen) atoms. The molecule has 1 rings (SSSR count). The van der Waals surface area contributed by atoms with Gasteiger partial charge in [0.15, 0.2) is 0 Å². The van der Waals surface area contributed by atoms with E-state index in [-0.39, 0.29) is 6.09 Å². The van der Waals surface area contributed by atoms with Gasteiger partial charge in [0.25, 0.3) is 0 Å². The summed E-state index contributed by atoms with van der Waals surface area (Å²) in [6.07, 6.45) is 9.66. The van der Waals surface area contributed by atoms with Gasteiger partial charge < -0.3 is 10.1 Å². The zero-order chi connectivity index (χ0) is 11.6. The van der Waals surface area contributed by atoms with Crippen LogP contribution in [0.4, 0.5) is 4.79 Å². The predicted octanol–water partition coefficient (Wildman–Crippen LogP) is 3.48. The van der Waals surface area contributed by atoms with Crippen LogP contribution in [0, 0.1) is 5.92 Å². The summed E-state index contributed by atoms with van der Waals surface area (Å²) in [6.45, 7) is 3.42. The lowest BCUT2D eigenvalue weighted by Gasteiger charge is -2.09. The van der Waals surface area contributed by atoms with Gasteiger partial charge in [-0.05, 0) is 25.2 Å². The lowest BCUT2D eigenvalue weighted by atomic mass is 10.0. The highest BCUT2D eigenvalue weighted by Gasteiger charge is 2.14. The Bertz CT molecular complexity index is 188. The van der Waals surface area contributed by atoms with Crippen LogP contribution in [0.25, 0.3) is 0 Å². The quantitative estimate of drug-likeness (QED) is 0.676. The Morgan fingerprint density at radius 3 is 2.75 bits per heavy atom. The molecule has 0 radical (unpaired) electrons. The highest BCUT2D eigenvalue weighted by Crippen LogP contribution is 2.28. The lowest BCUT2D eigenvalue weighted by molar-refractivity contribution is 0.142. The standard InChI is InChI=1S/C13H25NO2/c1-2-3-10-14-13(15)16-11-6-9-12-7-4-5-8-12/h12H,2-11H2,1H3,(H,14,15). The van der Waals surface area contributed by atoms with Crippen molar-refractivity contribution in [1.82, 2.24) is 5.32 Å². The molecule has 1 amide bonds. The summed E-state index contributed by atoms with van der Waals surface area (Å²) >= 11 is 0. The first-order valence-electron chi connectivity index (χ1n) is 6.73. The van der Waals surface area contributed by atoms with Gasteiger partial charge >= 0.3 is 6.09 Å². The molecule has 0 heterocycles. The van der Waals surface area contributed by atoms with Crippen LogP contribution in [0.2, 0.25) is 0 Å². The molecule has 0 aromatic rings. The fourth-order valence-corrected chi connectivity index (χ4v) is 2.25. The van der Waals surface area contributed by atoms with Gasteiger partial charge in [-0.3, -0.25) is 0 Å². The summed E-state index contributed by atoms with van der Waals surface area (Å²) in [5.41, 5.74) is 0. The van der Waals surface area contributed by atoms with Crippen LogP contribution >= 0.6 is 0 Å². The van der Waals surface area contributed by atoms with Gasteiger partial charge in [0.05, 0.1) is 6.61 Å². The first kappa shape index (κ1) is 13.3. The SMILES string of the molecule is CCCCNC(=O)OCCCC1CCCC1. The van der Waals surface area contributed by atoms with E-state index in [4.69, 9.17) is 4.74 Å². The van der Waals surface area contributed by atoms with E-state index in [1.54, 1.807) is 0 Å². The highest BCUT2D eigenvalue weighted by molar-refractivity contribution is 5.66.